The van der Waals surface area contributed by atoms with E-state index in [2.05, 4.69) is 0 Å². The summed E-state index contributed by atoms with van der Waals surface area (Å²) >= 11 is 0. The molecule has 0 saturated carbocycles. The molecule has 0 amide bonds. The van der Waals surface area contributed by atoms with Crippen molar-refractivity contribution in [1.29, 1.82) is 0 Å². The summed E-state index contributed by atoms with van der Waals surface area (Å²) < 4.78 is 43.2. The normalized spacial score (nSPS) is 17.0. The number of benzene rings is 2. The maximum atomic E-state index is 13.0. The fraction of sp³-hybridized carbons (Fsp3) is 0.429. The Bertz CT molecular complexity index is 1130. The molecule has 1 fully saturated rings. The molecule has 0 radical (unpaired) electrons. The lowest BCUT2D eigenvalue weighted by Gasteiger charge is -2.31. The van der Waals surface area contributed by atoms with Crippen molar-refractivity contribution < 1.29 is 27.6 Å². The van der Waals surface area contributed by atoms with E-state index < -0.39 is 14.9 Å². The van der Waals surface area contributed by atoms with E-state index in [9.17, 15) is 18.5 Å². The van der Waals surface area contributed by atoms with Crippen molar-refractivity contribution in [3.63, 3.8) is 0 Å². The molecule has 10 nitrogen and oxygen atoms in total. The van der Waals surface area contributed by atoms with Crippen molar-refractivity contribution >= 4 is 21.4 Å². The number of nitro benzene ring substituents is 1. The number of morpholine rings is 1. The Morgan fingerprint density at radius 3 is 2.28 bits per heavy atom. The number of hydrogen-bond acceptors (Lipinski definition) is 8. The third-order valence-electron chi connectivity index (χ3n) is 5.81. The van der Waals surface area contributed by atoms with Crippen molar-refractivity contribution in [2.24, 2.45) is 0 Å². The number of sulfonamides is 1. The van der Waals surface area contributed by atoms with E-state index in [0.29, 0.717) is 49.9 Å². The summed E-state index contributed by atoms with van der Waals surface area (Å²) in [7, 11) is -0.693. The van der Waals surface area contributed by atoms with Gasteiger partial charge in [-0.25, -0.2) is 8.42 Å². The lowest BCUT2D eigenvalue weighted by molar-refractivity contribution is -0.384. The van der Waals surface area contributed by atoms with Crippen LogP contribution in [0.5, 0.6) is 11.5 Å². The summed E-state index contributed by atoms with van der Waals surface area (Å²) in [6.07, 6.45) is 0.667. The van der Waals surface area contributed by atoms with Gasteiger partial charge < -0.3 is 19.1 Å². The van der Waals surface area contributed by atoms with Crippen LogP contribution < -0.4 is 14.4 Å². The highest BCUT2D eigenvalue weighted by atomic mass is 32.2. The fourth-order valence-corrected chi connectivity index (χ4v) is 5.53. The van der Waals surface area contributed by atoms with E-state index in [4.69, 9.17) is 14.2 Å². The van der Waals surface area contributed by atoms with Gasteiger partial charge >= 0.3 is 0 Å². The quantitative estimate of drug-likeness (QED) is 0.474. The molecule has 0 spiro atoms. The maximum Gasteiger partial charge on any atom is 0.293 e. The smallest absolute Gasteiger partial charge is 0.293 e. The number of methoxy groups -OCH3 is 2. The molecule has 0 atom stereocenters. The molecule has 2 heterocycles. The molecule has 11 heteroatoms. The summed E-state index contributed by atoms with van der Waals surface area (Å²) in [6.45, 7) is 2.06. The molecule has 0 bridgehead atoms. The fourth-order valence-electron chi connectivity index (χ4n) is 4.10. The average Bonchev–Trinajstić information content (AvgIpc) is 2.82. The minimum Gasteiger partial charge on any atom is -0.493 e. The van der Waals surface area contributed by atoms with Gasteiger partial charge in [0, 0.05) is 32.2 Å². The van der Waals surface area contributed by atoms with Crippen molar-refractivity contribution in [1.82, 2.24) is 4.31 Å². The molecule has 32 heavy (non-hydrogen) atoms. The van der Waals surface area contributed by atoms with Gasteiger partial charge in [0.15, 0.2) is 11.5 Å². The molecule has 172 valence electrons. The number of nitrogens with zero attached hydrogens (tertiary/aromatic N) is 3. The topological polar surface area (TPSA) is 111 Å². The number of nitro groups is 1. The van der Waals surface area contributed by atoms with Crippen LogP contribution in [0, 0.1) is 10.1 Å². The van der Waals surface area contributed by atoms with Gasteiger partial charge in [-0.05, 0) is 41.8 Å². The summed E-state index contributed by atoms with van der Waals surface area (Å²) in [5, 5.41) is 11.9. The van der Waals surface area contributed by atoms with Gasteiger partial charge in [-0.3, -0.25) is 10.1 Å². The van der Waals surface area contributed by atoms with Gasteiger partial charge in [0.2, 0.25) is 10.0 Å². The molecule has 2 aliphatic heterocycles. The predicted molar refractivity (Wildman–Crippen MR) is 117 cm³/mol. The van der Waals surface area contributed by atoms with Crippen LogP contribution in [-0.4, -0.2) is 64.7 Å². The Hall–Kier alpha value is -2.89. The molecular formula is C21H25N3O7S. The highest BCUT2D eigenvalue weighted by Gasteiger charge is 2.31. The summed E-state index contributed by atoms with van der Waals surface area (Å²) in [5.74, 6) is 1.23. The zero-order valence-corrected chi connectivity index (χ0v) is 18.8. The van der Waals surface area contributed by atoms with E-state index in [1.54, 1.807) is 14.2 Å². The van der Waals surface area contributed by atoms with Crippen LogP contribution in [0.4, 0.5) is 11.4 Å². The van der Waals surface area contributed by atoms with Gasteiger partial charge in [0.1, 0.15) is 5.69 Å². The van der Waals surface area contributed by atoms with Crippen LogP contribution in [0.25, 0.3) is 0 Å². The van der Waals surface area contributed by atoms with Gasteiger partial charge in [0.05, 0.1) is 37.3 Å². The largest absolute Gasteiger partial charge is 0.493 e. The first-order chi connectivity index (χ1) is 15.3. The molecule has 0 aliphatic carbocycles. The average molecular weight is 464 g/mol. The van der Waals surface area contributed by atoms with Crippen molar-refractivity contribution in [2.75, 3.05) is 52.0 Å². The van der Waals surface area contributed by atoms with Crippen LogP contribution in [-0.2, 0) is 27.7 Å². The third kappa shape index (κ3) is 4.10. The van der Waals surface area contributed by atoms with Crippen LogP contribution in [0.15, 0.2) is 35.2 Å². The van der Waals surface area contributed by atoms with Crippen molar-refractivity contribution in [3.8, 4) is 11.5 Å². The number of rotatable bonds is 6. The molecule has 0 aromatic heterocycles. The van der Waals surface area contributed by atoms with Crippen LogP contribution in [0.3, 0.4) is 0 Å². The van der Waals surface area contributed by atoms with Gasteiger partial charge in [-0.15, -0.1) is 0 Å². The summed E-state index contributed by atoms with van der Waals surface area (Å²) in [5.41, 5.74) is 2.22. The van der Waals surface area contributed by atoms with Crippen LogP contribution in [0.2, 0.25) is 0 Å². The molecule has 2 aliphatic rings. The molecule has 0 unspecified atom stereocenters. The molecule has 4 rings (SSSR count). The zero-order chi connectivity index (χ0) is 22.9. The number of ether oxygens (including phenoxy) is 3. The Morgan fingerprint density at radius 1 is 1.00 bits per heavy atom. The van der Waals surface area contributed by atoms with E-state index in [0.717, 1.165) is 17.2 Å². The molecular weight excluding hydrogens is 438 g/mol. The second-order valence-corrected chi connectivity index (χ2v) is 9.51. The van der Waals surface area contributed by atoms with E-state index >= 15 is 0 Å². The van der Waals surface area contributed by atoms with E-state index in [1.807, 2.05) is 17.0 Å². The van der Waals surface area contributed by atoms with Gasteiger partial charge in [0.25, 0.3) is 5.69 Å². The Morgan fingerprint density at radius 2 is 1.66 bits per heavy atom. The van der Waals surface area contributed by atoms with Gasteiger partial charge in [-0.2, -0.15) is 4.31 Å². The first kappa shape index (κ1) is 22.3. The van der Waals surface area contributed by atoms with Crippen molar-refractivity contribution in [3.05, 3.63) is 51.6 Å². The summed E-state index contributed by atoms with van der Waals surface area (Å²) in [4.78, 5) is 13.1. The zero-order valence-electron chi connectivity index (χ0n) is 17.9. The number of hydrogen-bond donors (Lipinski definition) is 0. The summed E-state index contributed by atoms with van der Waals surface area (Å²) in [6, 6.07) is 7.93. The lowest BCUT2D eigenvalue weighted by atomic mass is 9.98. The first-order valence-electron chi connectivity index (χ1n) is 10.2. The first-order valence-corrected chi connectivity index (χ1v) is 11.6. The minimum absolute atomic E-state index is 0.0846. The second-order valence-electron chi connectivity index (χ2n) is 7.57. The Kier molecular flexibility index (Phi) is 6.22. The predicted octanol–water partition coefficient (Wildman–Crippen LogP) is 2.20. The molecule has 2 aromatic rings. The van der Waals surface area contributed by atoms with E-state index in [1.165, 1.54) is 16.4 Å². The lowest BCUT2D eigenvalue weighted by Crippen LogP contribution is -2.40. The SMILES string of the molecule is COc1cc2c(cc1OC)CN(c1ccc(S(=O)(=O)N3CCOCC3)cc1[N+](=O)[O-])CC2. The highest BCUT2D eigenvalue weighted by Crippen LogP contribution is 2.38. The van der Waals surface area contributed by atoms with E-state index in [-0.39, 0.29) is 23.7 Å². The van der Waals surface area contributed by atoms with Crippen LogP contribution in [0.1, 0.15) is 11.1 Å². The third-order valence-corrected chi connectivity index (χ3v) is 7.70. The number of anilines is 1. The number of fused-ring (bicyclic) bond motifs is 1. The molecule has 2 aromatic carbocycles. The van der Waals surface area contributed by atoms with Crippen LogP contribution >= 0.6 is 0 Å². The molecule has 1 saturated heterocycles. The maximum absolute atomic E-state index is 13.0. The monoisotopic (exact) mass is 463 g/mol. The van der Waals surface area contributed by atoms with Crippen molar-refractivity contribution in [2.45, 2.75) is 17.9 Å². The highest BCUT2D eigenvalue weighted by molar-refractivity contribution is 7.89. The second kappa shape index (κ2) is 8.93. The standard InChI is InChI=1S/C21H25N3O7S/c1-29-20-11-15-5-6-22(14-16(15)12-21(20)30-2)18-4-3-17(13-19(18)24(25)26)32(27,28)23-7-9-31-10-8-23/h3-4,11-13H,5-10,14H2,1-2H3. The molecule has 0 N–H and O–H groups in total. The Labute approximate surface area is 186 Å². The minimum atomic E-state index is -3.83. The van der Waals surface area contributed by atoms with Gasteiger partial charge in [-0.1, -0.05) is 0 Å². The Balaban J connectivity index is 1.67.